The summed E-state index contributed by atoms with van der Waals surface area (Å²) in [5.74, 6) is -0.394. The number of alkyl halides is 1. The number of benzene rings is 6. The van der Waals surface area contributed by atoms with Crippen LogP contribution in [0.2, 0.25) is 0 Å². The third-order valence-corrected chi connectivity index (χ3v) is 12.8. The predicted octanol–water partition coefficient (Wildman–Crippen LogP) is 3.29. The topological polar surface area (TPSA) is 113 Å². The molecule has 0 atom stereocenters. The van der Waals surface area contributed by atoms with Crippen LogP contribution in [0.4, 0.5) is 11.4 Å². The second-order valence-corrected chi connectivity index (χ2v) is 18.4. The molecule has 0 aliphatic carbocycles. The van der Waals surface area contributed by atoms with E-state index in [1.165, 1.54) is 89.0 Å². The summed E-state index contributed by atoms with van der Waals surface area (Å²) in [7, 11) is 12.3. The number of nitrogens with one attached hydrogen (secondary N) is 2. The van der Waals surface area contributed by atoms with Crippen molar-refractivity contribution in [1.82, 2.24) is 10.6 Å². The minimum Gasteiger partial charge on any atom is -1.00 e. The van der Waals surface area contributed by atoms with Gasteiger partial charge in [-0.2, -0.15) is 21.8 Å². The third-order valence-electron chi connectivity index (χ3n) is 11.2. The van der Waals surface area contributed by atoms with Crippen LogP contribution >= 0.6 is 36.0 Å². The molecule has 8 aromatic rings. The van der Waals surface area contributed by atoms with Gasteiger partial charge in [0.1, 0.15) is 0 Å². The molecule has 0 spiro atoms. The Morgan fingerprint density at radius 1 is 0.551 bits per heavy atom. The van der Waals surface area contributed by atoms with Crippen molar-refractivity contribution in [2.45, 2.75) is 37.8 Å². The average Bonchev–Trinajstić information content (AvgIpc) is 3.32. The molecule has 15 heteroatoms. The highest BCUT2D eigenvalue weighted by atomic mass is 35.5. The molecule has 4 N–H and O–H groups in total. The van der Waals surface area contributed by atoms with Gasteiger partial charge in [0.2, 0.25) is 22.1 Å². The van der Waals surface area contributed by atoms with Crippen molar-refractivity contribution in [3.8, 4) is 0 Å². The summed E-state index contributed by atoms with van der Waals surface area (Å²) in [5.41, 5.74) is 14.6. The van der Waals surface area contributed by atoms with Gasteiger partial charge >= 0.3 is 11.9 Å². The second-order valence-electron chi connectivity index (χ2n) is 16.8. The van der Waals surface area contributed by atoms with Crippen LogP contribution in [0, 0.1) is 0 Å². The number of pyridine rings is 2. The number of carboxylic acid groups (broad SMARTS) is 2. The lowest BCUT2D eigenvalue weighted by atomic mass is 10.1. The van der Waals surface area contributed by atoms with E-state index in [0.29, 0.717) is 11.6 Å². The van der Waals surface area contributed by atoms with Crippen molar-refractivity contribution in [1.29, 1.82) is 0 Å². The second kappa shape index (κ2) is 27.2. The quantitative estimate of drug-likeness (QED) is 0.0432. The van der Waals surface area contributed by atoms with Crippen LogP contribution in [0.5, 0.6) is 0 Å². The highest BCUT2D eigenvalue weighted by Gasteiger charge is 2.20. The Balaban J connectivity index is 0.000000268. The van der Waals surface area contributed by atoms with Gasteiger partial charge in [0.25, 0.3) is 0 Å². The number of carboxylic acids is 2. The molecule has 6 aromatic carbocycles. The van der Waals surface area contributed by atoms with E-state index in [0.717, 1.165) is 37.3 Å². The lowest BCUT2D eigenvalue weighted by Crippen LogP contribution is -3.00. The molecule has 8 rings (SSSR count). The number of rotatable bonds is 16. The van der Waals surface area contributed by atoms with E-state index < -0.39 is 11.9 Å². The van der Waals surface area contributed by atoms with Gasteiger partial charge in [-0.15, -0.1) is 23.4 Å². The highest BCUT2D eigenvalue weighted by molar-refractivity contribution is 7.99. The Kier molecular flexibility index (Phi) is 22.2. The zero-order valence-corrected chi connectivity index (χ0v) is 43.8. The van der Waals surface area contributed by atoms with Crippen LogP contribution in [0.3, 0.4) is 0 Å². The molecule has 364 valence electrons. The van der Waals surface area contributed by atoms with E-state index in [1.807, 2.05) is 14.1 Å². The molecule has 0 saturated carbocycles. The maximum absolute atomic E-state index is 10.9. The largest absolute Gasteiger partial charge is 1.00 e. The van der Waals surface area contributed by atoms with Gasteiger partial charge in [0.15, 0.2) is 13.1 Å². The van der Waals surface area contributed by atoms with Crippen molar-refractivity contribution in [2.24, 2.45) is 0 Å². The minimum absolute atomic E-state index is 0. The number of aliphatic carboxylic acids is 2. The summed E-state index contributed by atoms with van der Waals surface area (Å²) >= 11 is 10.9. The van der Waals surface area contributed by atoms with E-state index in [4.69, 9.17) is 21.8 Å². The fourth-order valence-corrected chi connectivity index (χ4v) is 8.89. The van der Waals surface area contributed by atoms with Gasteiger partial charge in [-0.05, 0) is 97.0 Å². The molecule has 0 aliphatic heterocycles. The zero-order chi connectivity index (χ0) is 48.0. The number of aromatic nitrogens is 2. The van der Waals surface area contributed by atoms with Crippen LogP contribution in [0.25, 0.3) is 43.6 Å². The molecule has 10 nitrogen and oxygen atoms in total. The summed E-state index contributed by atoms with van der Waals surface area (Å²) < 4.78 is 4.84. The van der Waals surface area contributed by atoms with Gasteiger partial charge in [-0.25, -0.2) is 0 Å². The molecule has 0 amide bonds. The van der Waals surface area contributed by atoms with Crippen LogP contribution in [-0.4, -0.2) is 75.9 Å². The lowest BCUT2D eigenvalue weighted by molar-refractivity contribution is -0.636. The molecule has 0 radical (unpaired) electrons. The monoisotopic (exact) mass is 1030 g/mol. The summed E-state index contributed by atoms with van der Waals surface area (Å²) in [6, 6.07) is 48.3. The standard InChI is InChI=1S/C27H29N3O2S.C25H27ClN3.C2H4O2S.2ClH/c1-28-15-19-7-8-22-13-23-9-10-24(29(2)3)14-26(23)30(25(22)12-19)16-20-5-4-6-21(11-20)17-33-18-27(31)32;1-27-16-19-7-8-21-13-22-9-10-23(28(2)3)14-25(22)29(24(21)12-19)17-20-6-4-5-18(11-20)15-26;3-2(4)1-5;;/h4-14,28H,15-18H2,1-3H3;4-14,27H,15-17H2,1-3H3;5H,1H2,(H,3,4);2*1H/q;+1;;;/p-1. The van der Waals surface area contributed by atoms with Gasteiger partial charge < -0.3 is 55.5 Å². The van der Waals surface area contributed by atoms with Crippen LogP contribution in [-0.2, 0) is 47.4 Å². The smallest absolute Gasteiger partial charge is 0.313 e. The number of thioether (sulfide) groups is 1. The molecule has 2 aromatic heterocycles. The number of fused-ring (bicyclic) bond motifs is 4. The van der Waals surface area contributed by atoms with E-state index in [1.54, 1.807) is 0 Å². The van der Waals surface area contributed by atoms with Crippen molar-refractivity contribution < 1.29 is 53.8 Å². The van der Waals surface area contributed by atoms with E-state index >= 15 is 0 Å². The minimum atomic E-state index is -0.881. The van der Waals surface area contributed by atoms with Gasteiger partial charge in [0.05, 0.1) is 11.5 Å². The number of thiol groups is 1. The Labute approximate surface area is 432 Å². The number of hydrogen-bond acceptors (Lipinski definition) is 8. The number of nitrogens with zero attached hydrogens (tertiary/aromatic N) is 4. The molecule has 0 fully saturated rings. The first-order valence-electron chi connectivity index (χ1n) is 22.1. The van der Waals surface area contributed by atoms with Crippen molar-refractivity contribution in [3.63, 3.8) is 0 Å². The fourth-order valence-electron chi connectivity index (χ4n) is 8.04. The van der Waals surface area contributed by atoms with Crippen LogP contribution < -0.4 is 54.4 Å². The Hall–Kier alpha value is -5.31. The van der Waals surface area contributed by atoms with Gasteiger partial charge in [0, 0.05) is 121 Å². The van der Waals surface area contributed by atoms with E-state index in [9.17, 15) is 9.59 Å². The van der Waals surface area contributed by atoms with Crippen molar-refractivity contribution in [3.05, 3.63) is 167 Å². The highest BCUT2D eigenvalue weighted by Crippen LogP contribution is 2.26. The molecule has 0 unspecified atom stereocenters. The molecular formula is C54H61Cl3N6O4S2. The van der Waals surface area contributed by atoms with Crippen LogP contribution in [0.1, 0.15) is 33.4 Å². The Morgan fingerprint density at radius 3 is 1.33 bits per heavy atom. The molecule has 0 bridgehead atoms. The lowest BCUT2D eigenvalue weighted by Gasteiger charge is -2.14. The first-order valence-corrected chi connectivity index (χ1v) is 24.4. The SMILES string of the molecule is CNCc1ccc2cc3ccc(N(C)C)cc3[n+](Cc3cccc(CCl)c3)c2c1.CNCc1ccc2cc3ccc(N(C)C)cc3[n+](Cc3cccc(CSCC(=O)O)c3)c2c1.O=C(O)CS.[Cl-].[Cl-]. The average molecular weight is 1030 g/mol. The summed E-state index contributed by atoms with van der Waals surface area (Å²) in [5, 5.41) is 28.0. The number of carbonyl (C=O) groups is 2. The maximum atomic E-state index is 10.9. The maximum Gasteiger partial charge on any atom is 0.313 e. The molecule has 0 saturated heterocycles. The van der Waals surface area contributed by atoms with E-state index in [2.05, 4.69) is 204 Å². The van der Waals surface area contributed by atoms with Gasteiger partial charge in [-0.1, -0.05) is 48.5 Å². The van der Waals surface area contributed by atoms with Gasteiger partial charge in [-0.3, -0.25) is 9.59 Å². The van der Waals surface area contributed by atoms with E-state index in [-0.39, 0.29) is 36.3 Å². The molecule has 0 aliphatic rings. The number of halogens is 3. The molecule has 69 heavy (non-hydrogen) atoms. The Bertz CT molecular complexity index is 3010. The normalized spacial score (nSPS) is 10.7. The fraction of sp³-hybridized carbons (Fsp3) is 0.259. The third kappa shape index (κ3) is 15.3. The van der Waals surface area contributed by atoms with Crippen molar-refractivity contribution in [2.75, 3.05) is 63.6 Å². The predicted molar refractivity (Wildman–Crippen MR) is 283 cm³/mol. The first-order chi connectivity index (χ1) is 32.3. The first kappa shape index (κ1) is 56.3. The Morgan fingerprint density at radius 2 is 0.942 bits per heavy atom. The molecular weight excluding hydrogens is 967 g/mol. The number of hydrogen-bond donors (Lipinski definition) is 5. The summed E-state index contributed by atoms with van der Waals surface area (Å²) in [6.45, 7) is 3.22. The summed E-state index contributed by atoms with van der Waals surface area (Å²) in [6.07, 6.45) is 0. The zero-order valence-electron chi connectivity index (χ0n) is 39.8. The molecule has 2 heterocycles. The van der Waals surface area contributed by atoms with Crippen molar-refractivity contribution >= 4 is 103 Å². The number of anilines is 2. The summed E-state index contributed by atoms with van der Waals surface area (Å²) in [4.78, 5) is 24.4. The van der Waals surface area contributed by atoms with Crippen LogP contribution in [0.15, 0.2) is 133 Å².